The monoisotopic (exact) mass is 468 g/mol. The minimum absolute atomic E-state index is 0.0308. The highest BCUT2D eigenvalue weighted by Gasteiger charge is 2.34. The molecule has 2 N–H and O–H groups in total. The van der Waals surface area contributed by atoms with Gasteiger partial charge in [0.05, 0.1) is 16.7 Å². The maximum absolute atomic E-state index is 13.2. The Morgan fingerprint density at radius 3 is 2.63 bits per heavy atom. The summed E-state index contributed by atoms with van der Waals surface area (Å²) in [4.78, 5) is 35.7. The van der Waals surface area contributed by atoms with Crippen molar-refractivity contribution in [2.75, 3.05) is 11.9 Å². The molecule has 5 rings (SSSR count). The summed E-state index contributed by atoms with van der Waals surface area (Å²) >= 11 is 0. The molecule has 7 nitrogen and oxygen atoms in total. The molecule has 3 aromatic carbocycles. The summed E-state index contributed by atoms with van der Waals surface area (Å²) in [6, 6.07) is 24.6. The summed E-state index contributed by atoms with van der Waals surface area (Å²) in [5.41, 5.74) is 3.50. The third-order valence-corrected chi connectivity index (χ3v) is 6.27. The number of H-pyrrole nitrogens is 1. The van der Waals surface area contributed by atoms with E-state index in [1.165, 1.54) is 0 Å². The van der Waals surface area contributed by atoms with Gasteiger partial charge in [0.1, 0.15) is 24.2 Å². The van der Waals surface area contributed by atoms with E-state index in [-0.39, 0.29) is 11.8 Å². The van der Waals surface area contributed by atoms with Crippen LogP contribution in [0.15, 0.2) is 78.9 Å². The summed E-state index contributed by atoms with van der Waals surface area (Å²) in [5.74, 6) is 1.17. The van der Waals surface area contributed by atoms with Gasteiger partial charge in [-0.15, -0.1) is 0 Å². The third-order valence-electron chi connectivity index (χ3n) is 6.27. The van der Waals surface area contributed by atoms with Crippen LogP contribution in [-0.4, -0.2) is 39.3 Å². The number of nitrogens with one attached hydrogen (secondary N) is 2. The molecule has 7 heteroatoms. The number of rotatable bonds is 8. The van der Waals surface area contributed by atoms with Gasteiger partial charge < -0.3 is 19.9 Å². The van der Waals surface area contributed by atoms with Gasteiger partial charge in [0.2, 0.25) is 11.8 Å². The van der Waals surface area contributed by atoms with Gasteiger partial charge in [-0.2, -0.15) is 0 Å². The molecule has 1 aliphatic rings. The Balaban J connectivity index is 1.20. The van der Waals surface area contributed by atoms with Gasteiger partial charge in [0.15, 0.2) is 0 Å². The fourth-order valence-electron chi connectivity index (χ4n) is 4.48. The second-order valence-corrected chi connectivity index (χ2v) is 8.71. The number of ether oxygens (including phenoxy) is 1. The first kappa shape index (κ1) is 22.7. The fourth-order valence-corrected chi connectivity index (χ4v) is 4.48. The van der Waals surface area contributed by atoms with Crippen LogP contribution in [0.2, 0.25) is 0 Å². The predicted octanol–water partition coefficient (Wildman–Crippen LogP) is 4.70. The molecular formula is C28H28N4O3. The van der Waals surface area contributed by atoms with Crippen LogP contribution in [0.4, 0.5) is 5.69 Å². The molecule has 178 valence electrons. The van der Waals surface area contributed by atoms with E-state index < -0.39 is 6.04 Å². The van der Waals surface area contributed by atoms with E-state index in [2.05, 4.69) is 15.3 Å². The summed E-state index contributed by atoms with van der Waals surface area (Å²) in [5, 5.41) is 2.99. The number of imidazole rings is 1. The molecule has 0 bridgehead atoms. The average molecular weight is 469 g/mol. The minimum Gasteiger partial charge on any atom is -0.487 e. The van der Waals surface area contributed by atoms with Crippen molar-refractivity contribution in [3.05, 3.63) is 90.3 Å². The lowest BCUT2D eigenvalue weighted by Crippen LogP contribution is -2.43. The number of hydrogen-bond acceptors (Lipinski definition) is 4. The lowest BCUT2D eigenvalue weighted by atomic mass is 10.1. The van der Waals surface area contributed by atoms with Crippen molar-refractivity contribution >= 4 is 28.5 Å². The van der Waals surface area contributed by atoms with Crippen molar-refractivity contribution in [1.82, 2.24) is 14.9 Å². The van der Waals surface area contributed by atoms with E-state index in [9.17, 15) is 9.59 Å². The SMILES string of the molecule is O=C(Nc1ccccc1OCc1ccccc1)[C@@H]1CCCN1C(=O)CCc1nc2ccccc2[nH]1. The fraction of sp³-hybridized carbons (Fsp3) is 0.250. The lowest BCUT2D eigenvalue weighted by Gasteiger charge is -2.24. The number of para-hydroxylation sites is 4. The Labute approximate surface area is 204 Å². The molecule has 1 atom stereocenters. The lowest BCUT2D eigenvalue weighted by molar-refractivity contribution is -0.136. The molecule has 0 radical (unpaired) electrons. The number of aromatic nitrogens is 2. The van der Waals surface area contributed by atoms with Crippen LogP contribution in [0.1, 0.15) is 30.7 Å². The molecule has 0 aliphatic carbocycles. The van der Waals surface area contributed by atoms with Crippen LogP contribution in [0.3, 0.4) is 0 Å². The summed E-state index contributed by atoms with van der Waals surface area (Å²) in [7, 11) is 0. The number of likely N-dealkylation sites (tertiary alicyclic amines) is 1. The number of aromatic amines is 1. The highest BCUT2D eigenvalue weighted by Crippen LogP contribution is 2.27. The number of anilines is 1. The maximum atomic E-state index is 13.2. The van der Waals surface area contributed by atoms with E-state index in [0.29, 0.717) is 43.9 Å². The number of amides is 2. The molecule has 0 spiro atoms. The average Bonchev–Trinajstić information content (AvgIpc) is 3.55. The maximum Gasteiger partial charge on any atom is 0.247 e. The molecule has 0 saturated carbocycles. The molecular weight excluding hydrogens is 440 g/mol. The van der Waals surface area contributed by atoms with Gasteiger partial charge in [-0.25, -0.2) is 4.98 Å². The van der Waals surface area contributed by atoms with E-state index >= 15 is 0 Å². The van der Waals surface area contributed by atoms with Crippen LogP contribution >= 0.6 is 0 Å². The Kier molecular flexibility index (Phi) is 6.75. The number of hydrogen-bond donors (Lipinski definition) is 2. The Hall–Kier alpha value is -4.13. The van der Waals surface area contributed by atoms with Crippen molar-refractivity contribution in [2.24, 2.45) is 0 Å². The zero-order chi connectivity index (χ0) is 24.0. The van der Waals surface area contributed by atoms with E-state index in [1.807, 2.05) is 78.9 Å². The first-order chi connectivity index (χ1) is 17.2. The van der Waals surface area contributed by atoms with Crippen molar-refractivity contribution in [1.29, 1.82) is 0 Å². The van der Waals surface area contributed by atoms with E-state index in [4.69, 9.17) is 4.74 Å². The van der Waals surface area contributed by atoms with Gasteiger partial charge in [-0.3, -0.25) is 9.59 Å². The van der Waals surface area contributed by atoms with Gasteiger partial charge in [0.25, 0.3) is 0 Å². The Morgan fingerprint density at radius 2 is 1.77 bits per heavy atom. The van der Waals surface area contributed by atoms with Crippen LogP contribution in [-0.2, 0) is 22.6 Å². The normalized spacial score (nSPS) is 15.3. The summed E-state index contributed by atoms with van der Waals surface area (Å²) in [6.07, 6.45) is 2.27. The summed E-state index contributed by atoms with van der Waals surface area (Å²) < 4.78 is 5.97. The van der Waals surface area contributed by atoms with Crippen LogP contribution in [0.25, 0.3) is 11.0 Å². The molecule has 2 heterocycles. The zero-order valence-corrected chi connectivity index (χ0v) is 19.4. The van der Waals surface area contributed by atoms with Crippen LogP contribution in [0.5, 0.6) is 5.75 Å². The Bertz CT molecular complexity index is 1290. The first-order valence-corrected chi connectivity index (χ1v) is 12.0. The minimum atomic E-state index is -0.486. The number of carbonyl (C=O) groups is 2. The Morgan fingerprint density at radius 1 is 1.00 bits per heavy atom. The second-order valence-electron chi connectivity index (χ2n) is 8.71. The quantitative estimate of drug-likeness (QED) is 0.392. The first-order valence-electron chi connectivity index (χ1n) is 12.0. The molecule has 1 fully saturated rings. The molecule has 0 unspecified atom stereocenters. The number of aryl methyl sites for hydroxylation is 1. The van der Waals surface area contributed by atoms with Gasteiger partial charge in [-0.1, -0.05) is 54.6 Å². The van der Waals surface area contributed by atoms with Gasteiger partial charge in [0, 0.05) is 19.4 Å². The predicted molar refractivity (Wildman–Crippen MR) is 135 cm³/mol. The molecule has 4 aromatic rings. The molecule has 2 amide bonds. The summed E-state index contributed by atoms with van der Waals surface area (Å²) in [6.45, 7) is 0.993. The van der Waals surface area contributed by atoms with Crippen molar-refractivity contribution in [2.45, 2.75) is 38.3 Å². The van der Waals surface area contributed by atoms with Crippen molar-refractivity contribution in [3.63, 3.8) is 0 Å². The highest BCUT2D eigenvalue weighted by atomic mass is 16.5. The van der Waals surface area contributed by atoms with Gasteiger partial charge in [-0.05, 0) is 42.7 Å². The smallest absolute Gasteiger partial charge is 0.247 e. The second kappa shape index (κ2) is 10.4. The number of fused-ring (bicyclic) bond motifs is 1. The largest absolute Gasteiger partial charge is 0.487 e. The molecule has 1 aromatic heterocycles. The van der Waals surface area contributed by atoms with E-state index in [1.54, 1.807) is 4.90 Å². The van der Waals surface area contributed by atoms with E-state index in [0.717, 1.165) is 28.8 Å². The third kappa shape index (κ3) is 5.35. The van der Waals surface area contributed by atoms with Crippen molar-refractivity contribution < 1.29 is 14.3 Å². The molecule has 1 saturated heterocycles. The highest BCUT2D eigenvalue weighted by molar-refractivity contribution is 5.98. The topological polar surface area (TPSA) is 87.3 Å². The zero-order valence-electron chi connectivity index (χ0n) is 19.4. The van der Waals surface area contributed by atoms with Crippen LogP contribution < -0.4 is 10.1 Å². The number of carbonyl (C=O) groups excluding carboxylic acids is 2. The standard InChI is InChI=1S/C28H28N4O3/c33-27(17-16-26-29-21-11-4-5-12-22(21)30-26)32-18-8-14-24(32)28(34)31-23-13-6-7-15-25(23)35-19-20-9-2-1-3-10-20/h1-7,9-13,15,24H,8,14,16-19H2,(H,29,30)(H,31,34)/t24-/m0/s1. The molecule has 1 aliphatic heterocycles. The van der Waals surface area contributed by atoms with Crippen molar-refractivity contribution in [3.8, 4) is 5.75 Å². The van der Waals surface area contributed by atoms with Crippen LogP contribution in [0, 0.1) is 0 Å². The van der Waals surface area contributed by atoms with Gasteiger partial charge >= 0.3 is 0 Å². The number of nitrogens with zero attached hydrogens (tertiary/aromatic N) is 2. The molecule has 35 heavy (non-hydrogen) atoms. The number of benzene rings is 3.